The second-order valence-electron chi connectivity index (χ2n) is 6.36. The van der Waals surface area contributed by atoms with Crippen molar-refractivity contribution in [3.8, 4) is 0 Å². The topological polar surface area (TPSA) is 58.1 Å². The number of likely N-dealkylation sites (N-methyl/N-ethyl adjacent to an activating group) is 1. The maximum atomic E-state index is 13.2. The summed E-state index contributed by atoms with van der Waals surface area (Å²) in [4.78, 5) is 24.5. The Morgan fingerprint density at radius 2 is 2.15 bits per heavy atom. The van der Waals surface area contributed by atoms with Gasteiger partial charge in [-0.3, -0.25) is 14.7 Å². The lowest BCUT2D eigenvalue weighted by Gasteiger charge is -2.29. The van der Waals surface area contributed by atoms with Gasteiger partial charge in [0.05, 0.1) is 11.1 Å². The molecular weight excluding hydrogens is 348 g/mol. The number of nitrogens with one attached hydrogen (secondary N) is 1. The van der Waals surface area contributed by atoms with Crippen LogP contribution < -0.4 is 5.32 Å². The van der Waals surface area contributed by atoms with E-state index in [1.54, 1.807) is 18.3 Å². The Morgan fingerprint density at radius 3 is 2.96 bits per heavy atom. The van der Waals surface area contributed by atoms with Crippen molar-refractivity contribution in [2.24, 2.45) is 0 Å². The van der Waals surface area contributed by atoms with Crippen molar-refractivity contribution in [1.82, 2.24) is 14.9 Å². The molecule has 5 nitrogen and oxygen atoms in total. The van der Waals surface area contributed by atoms with E-state index < -0.39 is 0 Å². The van der Waals surface area contributed by atoms with E-state index in [-0.39, 0.29) is 5.91 Å². The average molecular weight is 367 g/mol. The zero-order chi connectivity index (χ0) is 18.1. The molecule has 0 atom stereocenters. The first-order valence-corrected chi connectivity index (χ1v) is 9.09. The van der Waals surface area contributed by atoms with Gasteiger partial charge in [0.25, 0.3) is 5.91 Å². The normalized spacial score (nSPS) is 14.2. The molecule has 4 rings (SSSR count). The monoisotopic (exact) mass is 366 g/mol. The van der Waals surface area contributed by atoms with Crippen LogP contribution in [0.1, 0.15) is 28.5 Å². The van der Waals surface area contributed by atoms with Crippen LogP contribution in [0.15, 0.2) is 42.6 Å². The highest BCUT2D eigenvalue weighted by molar-refractivity contribution is 6.30. The molecule has 0 unspecified atom stereocenters. The first-order chi connectivity index (χ1) is 12.7. The Balaban J connectivity index is 1.83. The molecule has 2 aromatic heterocycles. The molecule has 0 fully saturated rings. The van der Waals surface area contributed by atoms with Crippen molar-refractivity contribution in [3.05, 3.63) is 64.4 Å². The minimum Gasteiger partial charge on any atom is -0.306 e. The number of nitrogens with zero attached hydrogens (tertiary/aromatic N) is 3. The van der Waals surface area contributed by atoms with Crippen molar-refractivity contribution in [3.63, 3.8) is 0 Å². The van der Waals surface area contributed by atoms with E-state index in [2.05, 4.69) is 22.1 Å². The number of carbonyl (C=O) groups is 1. The third-order valence-corrected chi connectivity index (χ3v) is 5.00. The Bertz CT molecular complexity index is 989. The molecule has 0 bridgehead atoms. The first kappa shape index (κ1) is 16.9. The van der Waals surface area contributed by atoms with E-state index in [4.69, 9.17) is 16.6 Å². The number of pyridine rings is 2. The molecule has 0 saturated carbocycles. The Hall–Kier alpha value is -2.50. The van der Waals surface area contributed by atoms with Gasteiger partial charge in [-0.05, 0) is 24.7 Å². The SMILES string of the molecule is CCN1CCc2nc3ccccc3c(C(=O)Nc3cc(Cl)ccn3)c2C1. The van der Waals surface area contributed by atoms with Crippen LogP contribution in [-0.2, 0) is 13.0 Å². The summed E-state index contributed by atoms with van der Waals surface area (Å²) in [6.07, 6.45) is 2.43. The number of hydrogen-bond acceptors (Lipinski definition) is 4. The fourth-order valence-electron chi connectivity index (χ4n) is 3.43. The van der Waals surface area contributed by atoms with Gasteiger partial charge < -0.3 is 5.32 Å². The number of para-hydroxylation sites is 1. The van der Waals surface area contributed by atoms with Crippen LogP contribution in [0.5, 0.6) is 0 Å². The summed E-state index contributed by atoms with van der Waals surface area (Å²) in [6, 6.07) is 11.1. The van der Waals surface area contributed by atoms with E-state index in [0.29, 0.717) is 16.4 Å². The van der Waals surface area contributed by atoms with Gasteiger partial charge >= 0.3 is 0 Å². The second-order valence-corrected chi connectivity index (χ2v) is 6.80. The summed E-state index contributed by atoms with van der Waals surface area (Å²) in [5.41, 5.74) is 3.56. The van der Waals surface area contributed by atoms with Crippen LogP contribution in [0.3, 0.4) is 0 Å². The fraction of sp³-hybridized carbons (Fsp3) is 0.250. The number of hydrogen-bond donors (Lipinski definition) is 1. The van der Waals surface area contributed by atoms with Gasteiger partial charge in [0.2, 0.25) is 0 Å². The maximum Gasteiger partial charge on any atom is 0.257 e. The predicted octanol–water partition coefficient (Wildman–Crippen LogP) is 3.91. The third-order valence-electron chi connectivity index (χ3n) is 4.76. The van der Waals surface area contributed by atoms with Crippen LogP contribution in [0, 0.1) is 0 Å². The van der Waals surface area contributed by atoms with E-state index in [1.165, 1.54) is 0 Å². The lowest BCUT2D eigenvalue weighted by Crippen LogP contribution is -2.33. The highest BCUT2D eigenvalue weighted by Gasteiger charge is 2.25. The van der Waals surface area contributed by atoms with Gasteiger partial charge in [0.15, 0.2) is 0 Å². The Morgan fingerprint density at radius 1 is 1.31 bits per heavy atom. The number of aromatic nitrogens is 2. The molecule has 3 aromatic rings. The molecular formula is C20H19ClN4O. The summed E-state index contributed by atoms with van der Waals surface area (Å²) in [6.45, 7) is 4.78. The molecule has 0 saturated heterocycles. The zero-order valence-electron chi connectivity index (χ0n) is 14.5. The second kappa shape index (κ2) is 7.02. The largest absolute Gasteiger partial charge is 0.306 e. The molecule has 0 aliphatic carbocycles. The van der Waals surface area contributed by atoms with Gasteiger partial charge in [-0.1, -0.05) is 36.7 Å². The van der Waals surface area contributed by atoms with Crippen molar-refractivity contribution in [2.45, 2.75) is 19.9 Å². The lowest BCUT2D eigenvalue weighted by atomic mass is 9.95. The summed E-state index contributed by atoms with van der Waals surface area (Å²) < 4.78 is 0. The molecule has 1 N–H and O–H groups in total. The van der Waals surface area contributed by atoms with Crippen LogP contribution in [0.2, 0.25) is 5.02 Å². The fourth-order valence-corrected chi connectivity index (χ4v) is 3.59. The molecule has 0 radical (unpaired) electrons. The van der Waals surface area contributed by atoms with Gasteiger partial charge in [0, 0.05) is 47.4 Å². The quantitative estimate of drug-likeness (QED) is 0.763. The molecule has 1 aliphatic rings. The number of rotatable bonds is 3. The molecule has 1 aliphatic heterocycles. The minimum atomic E-state index is -0.174. The van der Waals surface area contributed by atoms with Gasteiger partial charge in [-0.25, -0.2) is 4.98 Å². The summed E-state index contributed by atoms with van der Waals surface area (Å²) >= 11 is 6.01. The number of halogens is 1. The highest BCUT2D eigenvalue weighted by Crippen LogP contribution is 2.28. The van der Waals surface area contributed by atoms with Crippen LogP contribution in [0.4, 0.5) is 5.82 Å². The maximum absolute atomic E-state index is 13.2. The Labute approximate surface area is 157 Å². The van der Waals surface area contributed by atoms with Crippen LogP contribution in [0.25, 0.3) is 10.9 Å². The van der Waals surface area contributed by atoms with Crippen molar-refractivity contribution >= 4 is 34.2 Å². The smallest absolute Gasteiger partial charge is 0.257 e. The minimum absolute atomic E-state index is 0.174. The lowest BCUT2D eigenvalue weighted by molar-refractivity contribution is 0.102. The molecule has 3 heterocycles. The van der Waals surface area contributed by atoms with E-state index in [9.17, 15) is 4.79 Å². The summed E-state index contributed by atoms with van der Waals surface area (Å²) in [5.74, 6) is 0.271. The third kappa shape index (κ3) is 3.16. The van der Waals surface area contributed by atoms with Crippen molar-refractivity contribution < 1.29 is 4.79 Å². The zero-order valence-corrected chi connectivity index (χ0v) is 15.3. The number of anilines is 1. The number of carbonyl (C=O) groups excluding carboxylic acids is 1. The first-order valence-electron chi connectivity index (χ1n) is 8.71. The predicted molar refractivity (Wildman–Crippen MR) is 104 cm³/mol. The van der Waals surface area contributed by atoms with Gasteiger partial charge in [-0.2, -0.15) is 0 Å². The van der Waals surface area contributed by atoms with E-state index in [1.807, 2.05) is 24.3 Å². The van der Waals surface area contributed by atoms with Gasteiger partial charge in [0.1, 0.15) is 5.82 Å². The number of amides is 1. The number of fused-ring (bicyclic) bond motifs is 2. The molecule has 132 valence electrons. The number of benzene rings is 1. The molecule has 1 amide bonds. The van der Waals surface area contributed by atoms with E-state index in [0.717, 1.165) is 48.2 Å². The average Bonchev–Trinajstić information content (AvgIpc) is 2.65. The summed E-state index contributed by atoms with van der Waals surface area (Å²) in [5, 5.41) is 4.29. The molecule has 6 heteroatoms. The Kier molecular flexibility index (Phi) is 4.57. The van der Waals surface area contributed by atoms with Crippen molar-refractivity contribution in [1.29, 1.82) is 0 Å². The van der Waals surface area contributed by atoms with Crippen molar-refractivity contribution in [2.75, 3.05) is 18.4 Å². The highest BCUT2D eigenvalue weighted by atomic mass is 35.5. The van der Waals surface area contributed by atoms with Crippen LogP contribution >= 0.6 is 11.6 Å². The van der Waals surface area contributed by atoms with Crippen LogP contribution in [-0.4, -0.2) is 33.9 Å². The summed E-state index contributed by atoms with van der Waals surface area (Å²) in [7, 11) is 0. The standard InChI is InChI=1S/C20H19ClN4O/c1-2-25-10-8-17-15(12-25)19(14-5-3-4-6-16(14)23-17)20(26)24-18-11-13(21)7-9-22-18/h3-7,9,11H,2,8,10,12H2,1H3,(H,22,24,26). The molecule has 0 spiro atoms. The van der Waals surface area contributed by atoms with Gasteiger partial charge in [-0.15, -0.1) is 0 Å². The molecule has 26 heavy (non-hydrogen) atoms. The molecule has 1 aromatic carbocycles. The van der Waals surface area contributed by atoms with E-state index >= 15 is 0 Å².